The second-order valence-corrected chi connectivity index (χ2v) is 3.12. The highest BCUT2D eigenvalue weighted by Crippen LogP contribution is 1.88. The number of hydrogen-bond acceptors (Lipinski definition) is 0. The van der Waals surface area contributed by atoms with Gasteiger partial charge in [-0.25, -0.2) is 0 Å². The van der Waals surface area contributed by atoms with E-state index in [0.29, 0.717) is 0 Å². The van der Waals surface area contributed by atoms with Gasteiger partial charge in [0, 0.05) is 0 Å². The molecular weight excluding hydrogens is 313 g/mol. The largest absolute Gasteiger partial charge is 1.00 e. The minimum atomic E-state index is 0. The summed E-state index contributed by atoms with van der Waals surface area (Å²) in [5.74, 6) is 0. The number of hydrogen-bond donors (Lipinski definition) is 3. The molecule has 108 valence electrons. The summed E-state index contributed by atoms with van der Waals surface area (Å²) in [5, 5.41) is 0. The third kappa shape index (κ3) is 60.3. The molecular formula is C10H32BrCl2N3. The highest BCUT2D eigenvalue weighted by Gasteiger charge is 1.78. The minimum Gasteiger partial charge on any atom is -1.00 e. The van der Waals surface area contributed by atoms with E-state index in [1.165, 1.54) is 38.5 Å². The third-order valence-corrected chi connectivity index (χ3v) is 1.71. The van der Waals surface area contributed by atoms with Gasteiger partial charge in [-0.3, -0.25) is 0 Å². The molecule has 0 aromatic rings. The molecule has 0 saturated carbocycles. The normalized spacial score (nSPS) is 6.75. The Balaban J connectivity index is -0.0000000250. The van der Waals surface area contributed by atoms with Crippen LogP contribution in [-0.4, -0.2) is 13.1 Å². The predicted molar refractivity (Wildman–Crippen MR) is 60.5 cm³/mol. The van der Waals surface area contributed by atoms with Crippen molar-refractivity contribution in [3.8, 4) is 0 Å². The number of unbranched alkanes of at least 4 members (excludes halogenated alkanes) is 4. The maximum Gasteiger partial charge on any atom is 0.0739 e. The lowest BCUT2D eigenvalue weighted by Gasteiger charge is -1.84. The minimum absolute atomic E-state index is 0. The summed E-state index contributed by atoms with van der Waals surface area (Å²) in [6, 6.07) is 0. The molecule has 10 N–H and O–H groups in total. The summed E-state index contributed by atoms with van der Waals surface area (Å²) in [4.78, 5) is 0. The van der Waals surface area contributed by atoms with Crippen molar-refractivity contribution < 1.29 is 53.3 Å². The van der Waals surface area contributed by atoms with E-state index in [0.717, 1.165) is 13.1 Å². The van der Waals surface area contributed by atoms with Crippen LogP contribution in [0.5, 0.6) is 0 Å². The standard InChI is InChI=1S/2C5H13N.BrH.2ClH.H3N/c2*1-2-3-4-5-6;;;;/h2*2-6H2,1H3;3*1H;1H3. The Bertz CT molecular complexity index is 56.0. The molecule has 0 bridgehead atoms. The zero-order valence-electron chi connectivity index (χ0n) is 11.2. The average Bonchev–Trinajstić information content (AvgIpc) is 2.12. The second kappa shape index (κ2) is 44.5. The summed E-state index contributed by atoms with van der Waals surface area (Å²) >= 11 is 0. The molecule has 0 amide bonds. The van der Waals surface area contributed by atoms with Crippen molar-refractivity contribution in [2.75, 3.05) is 13.1 Å². The first-order valence-electron chi connectivity index (χ1n) is 5.41. The van der Waals surface area contributed by atoms with Crippen LogP contribution < -0.4 is 59.4 Å². The Hall–Kier alpha value is 0.940. The maximum absolute atomic E-state index is 3.72. The van der Waals surface area contributed by atoms with Gasteiger partial charge >= 0.3 is 0 Å². The lowest BCUT2D eigenvalue weighted by molar-refractivity contribution is -0.368. The van der Waals surface area contributed by atoms with Crippen LogP contribution in [0.25, 0.3) is 0 Å². The molecule has 0 saturated heterocycles. The van der Waals surface area contributed by atoms with Gasteiger partial charge in [0.2, 0.25) is 0 Å². The topological polar surface area (TPSA) is 91.8 Å². The van der Waals surface area contributed by atoms with Crippen molar-refractivity contribution in [1.29, 1.82) is 0 Å². The number of halogens is 3. The molecule has 0 aliphatic carbocycles. The fourth-order valence-electron chi connectivity index (χ4n) is 0.854. The summed E-state index contributed by atoms with van der Waals surface area (Å²) in [6.45, 7) is 6.62. The summed E-state index contributed by atoms with van der Waals surface area (Å²) in [6.07, 6.45) is 7.94. The van der Waals surface area contributed by atoms with Crippen LogP contribution in [0, 0.1) is 0 Å². The monoisotopic (exact) mass is 343 g/mol. The average molecular weight is 345 g/mol. The maximum atomic E-state index is 3.72. The Kier molecular flexibility index (Phi) is 100. The molecule has 0 fully saturated rings. The van der Waals surface area contributed by atoms with E-state index in [4.69, 9.17) is 0 Å². The highest BCUT2D eigenvalue weighted by atomic mass is 79.9. The van der Waals surface area contributed by atoms with Crippen LogP contribution in [0.15, 0.2) is 0 Å². The van der Waals surface area contributed by atoms with E-state index in [1.807, 2.05) is 0 Å². The van der Waals surface area contributed by atoms with Gasteiger partial charge in [-0.15, -0.1) is 0 Å². The van der Waals surface area contributed by atoms with Gasteiger partial charge in [-0.05, 0) is 25.7 Å². The van der Waals surface area contributed by atoms with E-state index >= 15 is 0 Å². The molecule has 0 atom stereocenters. The molecule has 0 aliphatic heterocycles. The zero-order chi connectivity index (χ0) is 9.66. The second-order valence-electron chi connectivity index (χ2n) is 3.12. The van der Waals surface area contributed by atoms with Crippen molar-refractivity contribution in [3.05, 3.63) is 0 Å². The van der Waals surface area contributed by atoms with Gasteiger partial charge in [-0.1, -0.05) is 26.7 Å². The fourth-order valence-corrected chi connectivity index (χ4v) is 0.854. The fraction of sp³-hybridized carbons (Fsp3) is 1.00. The van der Waals surface area contributed by atoms with Gasteiger partial charge in [0.25, 0.3) is 0 Å². The highest BCUT2D eigenvalue weighted by molar-refractivity contribution is 4.30. The molecule has 0 aromatic heterocycles. The molecule has 0 heterocycles. The van der Waals surface area contributed by atoms with Gasteiger partial charge in [0.15, 0.2) is 0 Å². The van der Waals surface area contributed by atoms with Crippen LogP contribution in [0.1, 0.15) is 52.4 Å². The number of quaternary nitrogens is 3. The molecule has 0 radical (unpaired) electrons. The van der Waals surface area contributed by atoms with Crippen LogP contribution in [0.3, 0.4) is 0 Å². The summed E-state index contributed by atoms with van der Waals surface area (Å²) in [7, 11) is 0. The van der Waals surface area contributed by atoms with Crippen molar-refractivity contribution in [1.82, 2.24) is 6.15 Å². The van der Waals surface area contributed by atoms with E-state index in [9.17, 15) is 0 Å². The smallest absolute Gasteiger partial charge is 0.0739 e. The van der Waals surface area contributed by atoms with Crippen molar-refractivity contribution in [3.63, 3.8) is 0 Å². The molecule has 3 nitrogen and oxygen atoms in total. The zero-order valence-corrected chi connectivity index (χ0v) is 14.3. The van der Waals surface area contributed by atoms with E-state index in [1.54, 1.807) is 0 Å². The van der Waals surface area contributed by atoms with Crippen LogP contribution in [0.4, 0.5) is 0 Å². The Morgan fingerprint density at radius 2 is 0.938 bits per heavy atom. The molecule has 0 spiro atoms. The van der Waals surface area contributed by atoms with Gasteiger partial charge < -0.3 is 59.4 Å². The van der Waals surface area contributed by atoms with Gasteiger partial charge in [0.05, 0.1) is 13.1 Å². The lowest BCUT2D eigenvalue weighted by atomic mass is 10.3. The van der Waals surface area contributed by atoms with Crippen molar-refractivity contribution >= 4 is 0 Å². The van der Waals surface area contributed by atoms with Gasteiger partial charge in [0.1, 0.15) is 0 Å². The summed E-state index contributed by atoms with van der Waals surface area (Å²) in [5.41, 5.74) is 7.45. The first-order valence-corrected chi connectivity index (χ1v) is 5.41. The van der Waals surface area contributed by atoms with Crippen molar-refractivity contribution in [2.45, 2.75) is 52.4 Å². The predicted octanol–water partition coefficient (Wildman–Crippen LogP) is -7.77. The molecule has 0 aliphatic rings. The van der Waals surface area contributed by atoms with E-state index in [-0.39, 0.29) is 47.9 Å². The molecule has 0 unspecified atom stereocenters. The third-order valence-electron chi connectivity index (χ3n) is 1.71. The Morgan fingerprint density at radius 1 is 0.688 bits per heavy atom. The first kappa shape index (κ1) is 36.0. The molecule has 6 heteroatoms. The van der Waals surface area contributed by atoms with Crippen LogP contribution >= 0.6 is 0 Å². The van der Waals surface area contributed by atoms with Crippen LogP contribution in [0.2, 0.25) is 0 Å². The number of rotatable bonds is 6. The molecule has 16 heavy (non-hydrogen) atoms. The van der Waals surface area contributed by atoms with Gasteiger partial charge in [-0.2, -0.15) is 0 Å². The van der Waals surface area contributed by atoms with Crippen molar-refractivity contribution in [2.24, 2.45) is 0 Å². The van der Waals surface area contributed by atoms with Crippen LogP contribution in [-0.2, 0) is 0 Å². The molecule has 0 aromatic carbocycles. The Morgan fingerprint density at radius 3 is 1.00 bits per heavy atom. The Labute approximate surface area is 125 Å². The van der Waals surface area contributed by atoms with E-state index < -0.39 is 0 Å². The van der Waals surface area contributed by atoms with E-state index in [2.05, 4.69) is 25.3 Å². The summed E-state index contributed by atoms with van der Waals surface area (Å²) < 4.78 is 0. The molecule has 0 rings (SSSR count). The SMILES string of the molecule is CCCCC[NH3+].CCCCC[NH3+].[Br-].[Cl-].[Cl-].[NH4+]. The first-order chi connectivity index (χ1) is 5.83. The lowest BCUT2D eigenvalue weighted by Crippen LogP contribution is -3.00. The quantitative estimate of drug-likeness (QED) is 0.399.